The summed E-state index contributed by atoms with van der Waals surface area (Å²) in [5, 5.41) is 12.0. The largest absolute Gasteiger partial charge is 0.396 e. The normalized spacial score (nSPS) is 16.6. The zero-order valence-corrected chi connectivity index (χ0v) is 13.3. The fraction of sp³-hybridized carbons (Fsp3) is 0.588. The number of ether oxygens (including phenoxy) is 1. The molecular formula is C17H26N2O3. The minimum atomic E-state index is -0.0125. The average molecular weight is 306 g/mol. The lowest BCUT2D eigenvalue weighted by atomic mass is 10.0. The molecule has 1 heterocycles. The van der Waals surface area contributed by atoms with Crippen LogP contribution in [0.3, 0.4) is 0 Å². The molecule has 1 aliphatic rings. The summed E-state index contributed by atoms with van der Waals surface area (Å²) in [5.74, 6) is -0.0125. The molecule has 5 nitrogen and oxygen atoms in total. The summed E-state index contributed by atoms with van der Waals surface area (Å²) in [7, 11) is 1.64. The highest BCUT2D eigenvalue weighted by Gasteiger charge is 2.21. The highest BCUT2D eigenvalue weighted by atomic mass is 16.5. The number of carbonyl (C=O) groups excluding carboxylic acids is 1. The van der Waals surface area contributed by atoms with Gasteiger partial charge in [0.2, 0.25) is 0 Å². The zero-order valence-electron chi connectivity index (χ0n) is 13.3. The van der Waals surface area contributed by atoms with Gasteiger partial charge in [-0.2, -0.15) is 0 Å². The van der Waals surface area contributed by atoms with E-state index < -0.39 is 0 Å². The lowest BCUT2D eigenvalue weighted by Gasteiger charge is -2.32. The summed E-state index contributed by atoms with van der Waals surface area (Å²) in [6.45, 7) is 3.58. The van der Waals surface area contributed by atoms with Crippen LogP contribution in [0.15, 0.2) is 24.3 Å². The summed E-state index contributed by atoms with van der Waals surface area (Å²) in [6.07, 6.45) is 2.74. The Kier molecular flexibility index (Phi) is 6.83. The third-order valence-corrected chi connectivity index (χ3v) is 4.12. The molecule has 0 bridgehead atoms. The number of likely N-dealkylation sites (tertiary alicyclic amines) is 1. The number of aliphatic hydroxyl groups is 1. The first-order valence-corrected chi connectivity index (χ1v) is 7.95. The minimum Gasteiger partial charge on any atom is -0.396 e. The average Bonchev–Trinajstić information content (AvgIpc) is 2.55. The number of carbonyl (C=O) groups is 1. The van der Waals surface area contributed by atoms with Crippen molar-refractivity contribution in [3.63, 3.8) is 0 Å². The molecule has 122 valence electrons. The van der Waals surface area contributed by atoms with Crippen molar-refractivity contribution in [1.82, 2.24) is 10.2 Å². The van der Waals surface area contributed by atoms with Crippen LogP contribution >= 0.6 is 0 Å². The second-order valence-corrected chi connectivity index (χ2v) is 5.76. The van der Waals surface area contributed by atoms with Crippen molar-refractivity contribution >= 4 is 5.91 Å². The second kappa shape index (κ2) is 8.88. The van der Waals surface area contributed by atoms with E-state index in [9.17, 15) is 4.79 Å². The van der Waals surface area contributed by atoms with E-state index in [1.165, 1.54) is 0 Å². The number of rotatable bonds is 7. The molecule has 22 heavy (non-hydrogen) atoms. The van der Waals surface area contributed by atoms with Gasteiger partial charge in [0, 0.05) is 45.0 Å². The van der Waals surface area contributed by atoms with Gasteiger partial charge in [0.25, 0.3) is 5.91 Å². The first-order chi connectivity index (χ1) is 10.7. The van der Waals surface area contributed by atoms with Crippen molar-refractivity contribution < 1.29 is 14.6 Å². The third kappa shape index (κ3) is 4.80. The number of nitrogens with one attached hydrogen (secondary N) is 1. The fourth-order valence-electron chi connectivity index (χ4n) is 2.88. The van der Waals surface area contributed by atoms with Crippen molar-refractivity contribution in [2.75, 3.05) is 33.4 Å². The summed E-state index contributed by atoms with van der Waals surface area (Å²) < 4.78 is 5.15. The maximum absolute atomic E-state index is 12.4. The molecule has 0 aromatic heterocycles. The van der Waals surface area contributed by atoms with E-state index in [2.05, 4.69) is 10.2 Å². The van der Waals surface area contributed by atoms with Gasteiger partial charge in [0.05, 0.1) is 6.61 Å². The highest BCUT2D eigenvalue weighted by molar-refractivity contribution is 5.95. The van der Waals surface area contributed by atoms with Crippen molar-refractivity contribution in [2.45, 2.75) is 31.9 Å². The van der Waals surface area contributed by atoms with Crippen LogP contribution in [0.4, 0.5) is 0 Å². The van der Waals surface area contributed by atoms with Gasteiger partial charge in [-0.05, 0) is 30.9 Å². The molecule has 0 saturated carbocycles. The monoisotopic (exact) mass is 306 g/mol. The molecule has 1 aromatic rings. The first-order valence-electron chi connectivity index (χ1n) is 7.95. The Morgan fingerprint density at radius 3 is 2.77 bits per heavy atom. The van der Waals surface area contributed by atoms with Crippen molar-refractivity contribution in [1.29, 1.82) is 0 Å². The first kappa shape index (κ1) is 16.9. The molecule has 0 atom stereocenters. The third-order valence-electron chi connectivity index (χ3n) is 4.12. The predicted molar refractivity (Wildman–Crippen MR) is 85.8 cm³/mol. The van der Waals surface area contributed by atoms with Crippen LogP contribution < -0.4 is 5.32 Å². The summed E-state index contributed by atoms with van der Waals surface area (Å²) in [5.41, 5.74) is 1.62. The van der Waals surface area contributed by atoms with Crippen LogP contribution in [-0.2, 0) is 11.3 Å². The number of nitrogens with zero attached hydrogens (tertiary/aromatic N) is 1. The van der Waals surface area contributed by atoms with Crippen LogP contribution in [-0.4, -0.2) is 55.3 Å². The Morgan fingerprint density at radius 1 is 1.36 bits per heavy atom. The fourth-order valence-corrected chi connectivity index (χ4v) is 2.88. The SMILES string of the molecule is COCc1ccccc1C(=O)NC1CCN(CCCO)CC1. The van der Waals surface area contributed by atoms with E-state index >= 15 is 0 Å². The van der Waals surface area contributed by atoms with E-state index in [-0.39, 0.29) is 18.6 Å². The summed E-state index contributed by atoms with van der Waals surface area (Å²) >= 11 is 0. The second-order valence-electron chi connectivity index (χ2n) is 5.76. The Balaban J connectivity index is 1.86. The molecule has 1 aliphatic heterocycles. The molecule has 2 N–H and O–H groups in total. The maximum Gasteiger partial charge on any atom is 0.251 e. The zero-order chi connectivity index (χ0) is 15.8. The van der Waals surface area contributed by atoms with E-state index in [0.717, 1.165) is 44.5 Å². The van der Waals surface area contributed by atoms with Crippen molar-refractivity contribution in [3.05, 3.63) is 35.4 Å². The van der Waals surface area contributed by atoms with Crippen LogP contribution in [0.5, 0.6) is 0 Å². The van der Waals surface area contributed by atoms with Gasteiger partial charge in [0.1, 0.15) is 0 Å². The number of methoxy groups -OCH3 is 1. The number of piperidine rings is 1. The molecule has 2 rings (SSSR count). The number of hydrogen-bond donors (Lipinski definition) is 2. The van der Waals surface area contributed by atoms with Gasteiger partial charge in [0.15, 0.2) is 0 Å². The Bertz CT molecular complexity index is 471. The van der Waals surface area contributed by atoms with Crippen LogP contribution in [0.25, 0.3) is 0 Å². The quantitative estimate of drug-likeness (QED) is 0.799. The van der Waals surface area contributed by atoms with Gasteiger partial charge < -0.3 is 20.1 Å². The number of aliphatic hydroxyl groups excluding tert-OH is 1. The maximum atomic E-state index is 12.4. The van der Waals surface area contributed by atoms with E-state index in [0.29, 0.717) is 12.2 Å². The molecule has 0 spiro atoms. The van der Waals surface area contributed by atoms with E-state index in [1.54, 1.807) is 7.11 Å². The molecule has 1 aromatic carbocycles. The van der Waals surface area contributed by atoms with Crippen molar-refractivity contribution in [2.24, 2.45) is 0 Å². The molecule has 1 saturated heterocycles. The Labute approximate surface area is 132 Å². The molecule has 0 radical (unpaired) electrons. The predicted octanol–water partition coefficient (Wildman–Crippen LogP) is 1.41. The Hall–Kier alpha value is -1.43. The van der Waals surface area contributed by atoms with Crippen molar-refractivity contribution in [3.8, 4) is 0 Å². The summed E-state index contributed by atoms with van der Waals surface area (Å²) in [4.78, 5) is 14.8. The number of amides is 1. The standard InChI is InChI=1S/C17H26N2O3/c1-22-13-14-5-2-3-6-16(14)17(21)18-15-7-10-19(11-8-15)9-4-12-20/h2-3,5-6,15,20H,4,7-13H2,1H3,(H,18,21). The molecule has 0 unspecified atom stereocenters. The topological polar surface area (TPSA) is 61.8 Å². The molecule has 0 aliphatic carbocycles. The van der Waals surface area contributed by atoms with Gasteiger partial charge in [-0.3, -0.25) is 4.79 Å². The van der Waals surface area contributed by atoms with Crippen LogP contribution in [0.1, 0.15) is 35.2 Å². The van der Waals surface area contributed by atoms with E-state index in [4.69, 9.17) is 9.84 Å². The number of benzene rings is 1. The van der Waals surface area contributed by atoms with Crippen LogP contribution in [0.2, 0.25) is 0 Å². The molecule has 1 amide bonds. The minimum absolute atomic E-state index is 0.0125. The lowest BCUT2D eigenvalue weighted by Crippen LogP contribution is -2.45. The van der Waals surface area contributed by atoms with Gasteiger partial charge in [-0.25, -0.2) is 0 Å². The number of hydrogen-bond acceptors (Lipinski definition) is 4. The van der Waals surface area contributed by atoms with Gasteiger partial charge >= 0.3 is 0 Å². The molecular weight excluding hydrogens is 280 g/mol. The molecule has 1 fully saturated rings. The summed E-state index contributed by atoms with van der Waals surface area (Å²) in [6, 6.07) is 7.81. The smallest absolute Gasteiger partial charge is 0.251 e. The Morgan fingerprint density at radius 2 is 2.09 bits per heavy atom. The highest BCUT2D eigenvalue weighted by Crippen LogP contribution is 2.14. The van der Waals surface area contributed by atoms with E-state index in [1.807, 2.05) is 24.3 Å². The van der Waals surface area contributed by atoms with Gasteiger partial charge in [-0.15, -0.1) is 0 Å². The molecule has 5 heteroatoms. The van der Waals surface area contributed by atoms with Gasteiger partial charge in [-0.1, -0.05) is 18.2 Å². The van der Waals surface area contributed by atoms with Crippen LogP contribution in [0, 0.1) is 0 Å². The lowest BCUT2D eigenvalue weighted by molar-refractivity contribution is 0.0904.